The quantitative estimate of drug-likeness (QED) is 0.836. The van der Waals surface area contributed by atoms with E-state index in [2.05, 4.69) is 15.5 Å². The van der Waals surface area contributed by atoms with Gasteiger partial charge in [0.05, 0.1) is 14.2 Å². The minimum Gasteiger partial charge on any atom is -0.493 e. The number of benzene rings is 1. The fourth-order valence-electron chi connectivity index (χ4n) is 1.32. The van der Waals surface area contributed by atoms with Crippen molar-refractivity contribution in [1.29, 1.82) is 0 Å². The molecule has 0 aliphatic rings. The SMILES string of the molecule is COc1ccc(Nc2n[nH]c(=S)s2)cc1OC. The Hall–Kier alpha value is -1.60. The van der Waals surface area contributed by atoms with Crippen LogP contribution in [0.2, 0.25) is 0 Å². The van der Waals surface area contributed by atoms with Gasteiger partial charge in [-0.05, 0) is 24.4 Å². The number of H-pyrrole nitrogens is 1. The summed E-state index contributed by atoms with van der Waals surface area (Å²) in [6.45, 7) is 0. The number of hydrogen-bond acceptors (Lipinski definition) is 6. The zero-order valence-electron chi connectivity index (χ0n) is 9.31. The Kier molecular flexibility index (Phi) is 3.60. The predicted molar refractivity (Wildman–Crippen MR) is 70.1 cm³/mol. The number of nitrogens with zero attached hydrogens (tertiary/aromatic N) is 1. The molecule has 1 aromatic carbocycles. The first kappa shape index (κ1) is 11.9. The van der Waals surface area contributed by atoms with Crippen LogP contribution in [0.5, 0.6) is 11.5 Å². The summed E-state index contributed by atoms with van der Waals surface area (Å²) in [4.78, 5) is 0. The van der Waals surface area contributed by atoms with Crippen molar-refractivity contribution in [1.82, 2.24) is 10.2 Å². The fourth-order valence-corrected chi connectivity index (χ4v) is 2.13. The first-order valence-corrected chi connectivity index (χ1v) is 6.00. The number of hydrogen-bond donors (Lipinski definition) is 2. The average molecular weight is 269 g/mol. The van der Waals surface area contributed by atoms with Gasteiger partial charge >= 0.3 is 0 Å². The lowest BCUT2D eigenvalue weighted by Gasteiger charge is -2.09. The molecule has 17 heavy (non-hydrogen) atoms. The molecule has 0 aliphatic carbocycles. The molecule has 2 N–H and O–H groups in total. The summed E-state index contributed by atoms with van der Waals surface area (Å²) in [6.07, 6.45) is 0. The Labute approximate surface area is 107 Å². The van der Waals surface area contributed by atoms with E-state index in [0.29, 0.717) is 20.6 Å². The third-order valence-electron chi connectivity index (χ3n) is 2.07. The van der Waals surface area contributed by atoms with Crippen LogP contribution in [0.15, 0.2) is 18.2 Å². The highest BCUT2D eigenvalue weighted by atomic mass is 32.1. The number of methoxy groups -OCH3 is 2. The molecule has 0 aliphatic heterocycles. The van der Waals surface area contributed by atoms with Crippen LogP contribution in [0.4, 0.5) is 10.8 Å². The van der Waals surface area contributed by atoms with Gasteiger partial charge in [-0.15, -0.1) is 5.10 Å². The van der Waals surface area contributed by atoms with E-state index in [1.165, 1.54) is 11.3 Å². The highest BCUT2D eigenvalue weighted by molar-refractivity contribution is 7.73. The molecule has 0 radical (unpaired) electrons. The molecule has 0 fully saturated rings. The van der Waals surface area contributed by atoms with Crippen molar-refractivity contribution in [3.63, 3.8) is 0 Å². The number of aromatic nitrogens is 2. The van der Waals surface area contributed by atoms with Gasteiger partial charge in [0.1, 0.15) is 0 Å². The maximum atomic E-state index is 5.21. The molecule has 2 aromatic rings. The average Bonchev–Trinajstić information content (AvgIpc) is 2.74. The number of nitrogens with one attached hydrogen (secondary N) is 2. The van der Waals surface area contributed by atoms with Crippen molar-refractivity contribution in [2.24, 2.45) is 0 Å². The van der Waals surface area contributed by atoms with Gasteiger partial charge in [-0.1, -0.05) is 11.3 Å². The molecular formula is C10H11N3O2S2. The van der Waals surface area contributed by atoms with Gasteiger partial charge in [-0.3, -0.25) is 5.10 Å². The fraction of sp³-hybridized carbons (Fsp3) is 0.200. The van der Waals surface area contributed by atoms with Gasteiger partial charge in [-0.25, -0.2) is 0 Å². The van der Waals surface area contributed by atoms with Crippen molar-refractivity contribution in [3.05, 3.63) is 22.2 Å². The lowest BCUT2D eigenvalue weighted by atomic mass is 10.3. The Morgan fingerprint density at radius 1 is 1.29 bits per heavy atom. The van der Waals surface area contributed by atoms with Crippen molar-refractivity contribution >= 4 is 34.4 Å². The molecule has 7 heteroatoms. The Balaban J connectivity index is 2.25. The van der Waals surface area contributed by atoms with Gasteiger partial charge < -0.3 is 14.8 Å². The van der Waals surface area contributed by atoms with E-state index in [1.807, 2.05) is 18.2 Å². The van der Waals surface area contributed by atoms with E-state index in [9.17, 15) is 0 Å². The first-order chi connectivity index (χ1) is 8.22. The third-order valence-corrected chi connectivity index (χ3v) is 3.08. The van der Waals surface area contributed by atoms with Crippen LogP contribution in [-0.2, 0) is 0 Å². The van der Waals surface area contributed by atoms with E-state index < -0.39 is 0 Å². The molecule has 5 nitrogen and oxygen atoms in total. The highest BCUT2D eigenvalue weighted by Gasteiger charge is 2.05. The van der Waals surface area contributed by atoms with Crippen LogP contribution in [0.3, 0.4) is 0 Å². The zero-order chi connectivity index (χ0) is 12.3. The first-order valence-electron chi connectivity index (χ1n) is 4.77. The minimum absolute atomic E-state index is 0.632. The van der Waals surface area contributed by atoms with Crippen LogP contribution < -0.4 is 14.8 Å². The van der Waals surface area contributed by atoms with E-state index >= 15 is 0 Å². The summed E-state index contributed by atoms with van der Waals surface area (Å²) < 4.78 is 11.0. The van der Waals surface area contributed by atoms with Crippen LogP contribution in [0, 0.1) is 3.95 Å². The largest absolute Gasteiger partial charge is 0.493 e. The van der Waals surface area contributed by atoms with Crippen LogP contribution >= 0.6 is 23.6 Å². The molecule has 0 unspecified atom stereocenters. The van der Waals surface area contributed by atoms with E-state index in [-0.39, 0.29) is 0 Å². The topological polar surface area (TPSA) is 59.2 Å². The molecule has 0 spiro atoms. The van der Waals surface area contributed by atoms with E-state index in [0.717, 1.165) is 5.69 Å². The van der Waals surface area contributed by atoms with Gasteiger partial charge in [0.25, 0.3) is 0 Å². The molecule has 90 valence electrons. The second kappa shape index (κ2) is 5.15. The van der Waals surface area contributed by atoms with Gasteiger partial charge in [-0.2, -0.15) is 0 Å². The number of anilines is 2. The van der Waals surface area contributed by atoms with Crippen molar-refractivity contribution in [3.8, 4) is 11.5 Å². The Morgan fingerprint density at radius 2 is 2.06 bits per heavy atom. The smallest absolute Gasteiger partial charge is 0.208 e. The predicted octanol–water partition coefficient (Wildman–Crippen LogP) is 2.96. The Bertz CT molecular complexity index is 565. The molecule has 0 saturated carbocycles. The van der Waals surface area contributed by atoms with Crippen molar-refractivity contribution in [2.75, 3.05) is 19.5 Å². The van der Waals surface area contributed by atoms with E-state index in [4.69, 9.17) is 21.7 Å². The van der Waals surface area contributed by atoms with Crippen LogP contribution in [0.25, 0.3) is 0 Å². The maximum absolute atomic E-state index is 5.21. The Morgan fingerprint density at radius 3 is 2.65 bits per heavy atom. The molecule has 0 amide bonds. The molecule has 0 bridgehead atoms. The lowest BCUT2D eigenvalue weighted by molar-refractivity contribution is 0.355. The standard InChI is InChI=1S/C10H11N3O2S2/c1-14-7-4-3-6(5-8(7)15-2)11-9-12-13-10(16)17-9/h3-5H,1-2H3,(H,11,12)(H,13,16). The van der Waals surface area contributed by atoms with Crippen LogP contribution in [0.1, 0.15) is 0 Å². The number of aromatic amines is 1. The maximum Gasteiger partial charge on any atom is 0.208 e. The molecular weight excluding hydrogens is 258 g/mol. The summed E-state index contributed by atoms with van der Waals surface area (Å²) in [5, 5.41) is 10.6. The summed E-state index contributed by atoms with van der Waals surface area (Å²) in [7, 11) is 3.20. The molecule has 1 heterocycles. The summed E-state index contributed by atoms with van der Waals surface area (Å²) >= 11 is 6.32. The summed E-state index contributed by atoms with van der Waals surface area (Å²) in [5.74, 6) is 1.35. The highest BCUT2D eigenvalue weighted by Crippen LogP contribution is 2.31. The zero-order valence-corrected chi connectivity index (χ0v) is 10.9. The summed E-state index contributed by atoms with van der Waals surface area (Å²) in [5.41, 5.74) is 0.861. The second-order valence-corrected chi connectivity index (χ2v) is 4.78. The normalized spacial score (nSPS) is 10.0. The van der Waals surface area contributed by atoms with Crippen LogP contribution in [-0.4, -0.2) is 24.4 Å². The van der Waals surface area contributed by atoms with Gasteiger partial charge in [0.2, 0.25) is 5.13 Å². The second-order valence-electron chi connectivity index (χ2n) is 3.11. The number of rotatable bonds is 4. The van der Waals surface area contributed by atoms with E-state index in [1.54, 1.807) is 14.2 Å². The molecule has 1 aromatic heterocycles. The third kappa shape index (κ3) is 2.75. The molecule has 0 atom stereocenters. The van der Waals surface area contributed by atoms with Crippen molar-refractivity contribution in [2.45, 2.75) is 0 Å². The molecule has 0 saturated heterocycles. The van der Waals surface area contributed by atoms with Crippen molar-refractivity contribution < 1.29 is 9.47 Å². The monoisotopic (exact) mass is 269 g/mol. The lowest BCUT2D eigenvalue weighted by Crippen LogP contribution is -1.94. The van der Waals surface area contributed by atoms with Gasteiger partial charge in [0.15, 0.2) is 15.5 Å². The minimum atomic E-state index is 0.632. The summed E-state index contributed by atoms with van der Waals surface area (Å²) in [6, 6.07) is 5.54. The van der Waals surface area contributed by atoms with Gasteiger partial charge in [0, 0.05) is 11.8 Å². The molecule has 2 rings (SSSR count). The number of ether oxygens (including phenoxy) is 2.